The lowest BCUT2D eigenvalue weighted by Gasteiger charge is -2.31. The lowest BCUT2D eigenvalue weighted by atomic mass is 9.90. The van der Waals surface area contributed by atoms with Crippen molar-refractivity contribution in [2.75, 3.05) is 19.6 Å². The minimum atomic E-state index is 0.167. The molecule has 0 aliphatic carbocycles. The molecular formula is C23H29N5O. The van der Waals surface area contributed by atoms with Crippen LogP contribution in [0, 0.1) is 5.92 Å². The number of aryl methyl sites for hydroxylation is 1. The molecule has 0 N–H and O–H groups in total. The van der Waals surface area contributed by atoms with E-state index in [9.17, 15) is 4.79 Å². The van der Waals surface area contributed by atoms with E-state index in [2.05, 4.69) is 21.9 Å². The Morgan fingerprint density at radius 3 is 2.76 bits per heavy atom. The fraction of sp³-hybridized carbons (Fsp3) is 0.478. The van der Waals surface area contributed by atoms with Crippen LogP contribution in [0.15, 0.2) is 36.8 Å². The number of nitrogens with zero attached hydrogens (tertiary/aromatic N) is 5. The number of carbonyl (C=O) groups excluding carboxylic acids is 1. The van der Waals surface area contributed by atoms with Gasteiger partial charge in [0.25, 0.3) is 0 Å². The Morgan fingerprint density at radius 2 is 2.03 bits per heavy atom. The summed E-state index contributed by atoms with van der Waals surface area (Å²) in [5.41, 5.74) is 3.55. The van der Waals surface area contributed by atoms with Crippen LogP contribution in [0.1, 0.15) is 38.3 Å². The van der Waals surface area contributed by atoms with Gasteiger partial charge in [-0.3, -0.25) is 14.5 Å². The van der Waals surface area contributed by atoms with Crippen molar-refractivity contribution in [1.29, 1.82) is 0 Å². The van der Waals surface area contributed by atoms with E-state index in [0.29, 0.717) is 12.2 Å². The largest absolute Gasteiger partial charge is 0.303 e. The number of aromatic nitrogens is 4. The third kappa shape index (κ3) is 4.70. The molecule has 0 radical (unpaired) electrons. The van der Waals surface area contributed by atoms with Crippen molar-refractivity contribution in [3.8, 4) is 11.3 Å². The maximum Gasteiger partial charge on any atom is 0.142 e. The van der Waals surface area contributed by atoms with Gasteiger partial charge < -0.3 is 4.90 Å². The molecule has 0 atom stereocenters. The summed E-state index contributed by atoms with van der Waals surface area (Å²) in [6, 6.07) is 5.97. The van der Waals surface area contributed by atoms with Gasteiger partial charge in [0.15, 0.2) is 0 Å². The summed E-state index contributed by atoms with van der Waals surface area (Å²) in [7, 11) is 1.90. The third-order valence-electron chi connectivity index (χ3n) is 5.86. The number of hydrogen-bond acceptors (Lipinski definition) is 5. The summed E-state index contributed by atoms with van der Waals surface area (Å²) in [6.07, 6.45) is 10.4. The number of fused-ring (bicyclic) bond motifs is 1. The Balaban J connectivity index is 1.43. The molecule has 0 aromatic carbocycles. The number of ketones is 1. The van der Waals surface area contributed by atoms with Gasteiger partial charge in [0.05, 0.1) is 17.4 Å². The predicted octanol–water partition coefficient (Wildman–Crippen LogP) is 3.65. The molecule has 1 aliphatic heterocycles. The van der Waals surface area contributed by atoms with Crippen molar-refractivity contribution in [2.45, 2.75) is 39.0 Å². The molecular weight excluding hydrogens is 362 g/mol. The molecule has 6 nitrogen and oxygen atoms in total. The minimum absolute atomic E-state index is 0.167. The monoisotopic (exact) mass is 391 g/mol. The fourth-order valence-electron chi connectivity index (χ4n) is 4.05. The van der Waals surface area contributed by atoms with E-state index in [1.165, 1.54) is 12.8 Å². The summed E-state index contributed by atoms with van der Waals surface area (Å²) < 4.78 is 1.77. The highest BCUT2D eigenvalue weighted by Crippen LogP contribution is 2.23. The van der Waals surface area contributed by atoms with Gasteiger partial charge >= 0.3 is 0 Å². The van der Waals surface area contributed by atoms with E-state index in [0.717, 1.165) is 60.3 Å². The minimum Gasteiger partial charge on any atom is -0.303 e. The second-order valence-corrected chi connectivity index (χ2v) is 8.08. The Labute approximate surface area is 172 Å². The maximum atomic E-state index is 12.8. The highest BCUT2D eigenvalue weighted by Gasteiger charge is 2.24. The Bertz CT molecular complexity index is 988. The molecule has 3 aromatic rings. The summed E-state index contributed by atoms with van der Waals surface area (Å²) in [6.45, 7) is 5.46. The Morgan fingerprint density at radius 1 is 1.21 bits per heavy atom. The summed E-state index contributed by atoms with van der Waals surface area (Å²) in [4.78, 5) is 24.6. The molecule has 0 amide bonds. The zero-order valence-electron chi connectivity index (χ0n) is 17.3. The first-order valence-electron chi connectivity index (χ1n) is 10.6. The molecule has 0 bridgehead atoms. The van der Waals surface area contributed by atoms with Gasteiger partial charge in [-0.25, -0.2) is 4.98 Å². The van der Waals surface area contributed by atoms with Crippen molar-refractivity contribution in [3.05, 3.63) is 42.5 Å². The second kappa shape index (κ2) is 8.82. The van der Waals surface area contributed by atoms with E-state index >= 15 is 0 Å². The molecule has 4 rings (SSSR count). The molecule has 1 fully saturated rings. The predicted molar refractivity (Wildman–Crippen MR) is 115 cm³/mol. The zero-order valence-corrected chi connectivity index (χ0v) is 17.3. The molecule has 4 heterocycles. The van der Waals surface area contributed by atoms with E-state index < -0.39 is 0 Å². The van der Waals surface area contributed by atoms with Crippen molar-refractivity contribution in [1.82, 2.24) is 24.6 Å². The number of hydrogen-bond donors (Lipinski definition) is 0. The van der Waals surface area contributed by atoms with Crippen LogP contribution < -0.4 is 0 Å². The molecule has 152 valence electrons. The summed E-state index contributed by atoms with van der Waals surface area (Å²) in [5.74, 6) is 0.482. The normalized spacial score (nSPS) is 15.8. The quantitative estimate of drug-likeness (QED) is 0.615. The van der Waals surface area contributed by atoms with Crippen LogP contribution in [-0.4, -0.2) is 50.1 Å². The number of carbonyl (C=O) groups is 1. The van der Waals surface area contributed by atoms with Gasteiger partial charge in [-0.15, -0.1) is 0 Å². The molecule has 6 heteroatoms. The molecule has 0 spiro atoms. The summed E-state index contributed by atoms with van der Waals surface area (Å²) >= 11 is 0. The average Bonchev–Trinajstić information content (AvgIpc) is 3.18. The molecule has 1 saturated heterocycles. The Kier molecular flexibility index (Phi) is 6.00. The van der Waals surface area contributed by atoms with Gasteiger partial charge in [-0.05, 0) is 57.1 Å². The molecule has 3 aromatic heterocycles. The lowest BCUT2D eigenvalue weighted by molar-refractivity contribution is -0.123. The molecule has 0 unspecified atom stereocenters. The van der Waals surface area contributed by atoms with Crippen LogP contribution in [0.5, 0.6) is 0 Å². The number of rotatable bonds is 7. The van der Waals surface area contributed by atoms with Gasteiger partial charge in [0.1, 0.15) is 5.78 Å². The SMILES string of the molecule is CCCCN1CCC(C(=O)Cc2cc3nc(-c4cnn(C)c4)ccc3cn2)CC1. The summed E-state index contributed by atoms with van der Waals surface area (Å²) in [5, 5.41) is 5.20. The number of piperidine rings is 1. The van der Waals surface area contributed by atoms with Crippen LogP contribution in [0.3, 0.4) is 0 Å². The van der Waals surface area contributed by atoms with Crippen LogP contribution in [0.25, 0.3) is 22.2 Å². The topological polar surface area (TPSA) is 63.9 Å². The van der Waals surface area contributed by atoms with Crippen LogP contribution in [-0.2, 0) is 18.3 Å². The van der Waals surface area contributed by atoms with Crippen LogP contribution in [0.2, 0.25) is 0 Å². The van der Waals surface area contributed by atoms with Gasteiger partial charge in [-0.1, -0.05) is 13.3 Å². The van der Waals surface area contributed by atoms with Crippen molar-refractivity contribution >= 4 is 16.7 Å². The highest BCUT2D eigenvalue weighted by atomic mass is 16.1. The zero-order chi connectivity index (χ0) is 20.2. The molecule has 1 aliphatic rings. The van der Waals surface area contributed by atoms with E-state index in [-0.39, 0.29) is 5.92 Å². The van der Waals surface area contributed by atoms with E-state index in [1.54, 1.807) is 4.68 Å². The van der Waals surface area contributed by atoms with Gasteiger partial charge in [0.2, 0.25) is 0 Å². The van der Waals surface area contributed by atoms with Gasteiger partial charge in [-0.2, -0.15) is 5.10 Å². The smallest absolute Gasteiger partial charge is 0.142 e. The van der Waals surface area contributed by atoms with Crippen LogP contribution >= 0.6 is 0 Å². The lowest BCUT2D eigenvalue weighted by Crippen LogP contribution is -2.37. The first-order chi connectivity index (χ1) is 14.1. The van der Waals surface area contributed by atoms with E-state index in [4.69, 9.17) is 4.98 Å². The Hall–Kier alpha value is -2.60. The number of pyridine rings is 2. The van der Waals surface area contributed by atoms with Gasteiger partial charge in [0, 0.05) is 48.4 Å². The number of Topliss-reactive ketones (excluding diaryl/α,β-unsaturated/α-hetero) is 1. The fourth-order valence-corrected chi connectivity index (χ4v) is 4.05. The second-order valence-electron chi connectivity index (χ2n) is 8.08. The molecule has 29 heavy (non-hydrogen) atoms. The maximum absolute atomic E-state index is 12.8. The van der Waals surface area contributed by atoms with Crippen molar-refractivity contribution in [3.63, 3.8) is 0 Å². The number of likely N-dealkylation sites (tertiary alicyclic amines) is 1. The standard InChI is InChI=1S/C23H29N5O/c1-3-4-9-28-10-7-17(8-11-28)23(29)13-20-12-22-18(14-24-20)5-6-21(26-22)19-15-25-27(2)16-19/h5-6,12,14-17H,3-4,7-11,13H2,1-2H3. The molecule has 0 saturated carbocycles. The van der Waals surface area contributed by atoms with Crippen LogP contribution in [0.4, 0.5) is 0 Å². The van der Waals surface area contributed by atoms with Crippen molar-refractivity contribution in [2.24, 2.45) is 13.0 Å². The first kappa shape index (κ1) is 19.7. The van der Waals surface area contributed by atoms with E-state index in [1.807, 2.05) is 43.8 Å². The number of unbranched alkanes of at least 4 members (excludes halogenated alkanes) is 1. The highest BCUT2D eigenvalue weighted by molar-refractivity contribution is 5.85. The first-order valence-corrected chi connectivity index (χ1v) is 10.6. The third-order valence-corrected chi connectivity index (χ3v) is 5.86. The van der Waals surface area contributed by atoms with Crippen molar-refractivity contribution < 1.29 is 4.79 Å². The average molecular weight is 392 g/mol.